The van der Waals surface area contributed by atoms with Crippen LogP contribution in [0.4, 0.5) is 0 Å². The highest BCUT2D eigenvalue weighted by Crippen LogP contribution is 2.01. The molecule has 6 heteroatoms. The van der Waals surface area contributed by atoms with Gasteiger partial charge in [-0.3, -0.25) is 0 Å². The molecule has 0 heterocycles. The summed E-state index contributed by atoms with van der Waals surface area (Å²) in [5.74, 6) is -1.18. The summed E-state index contributed by atoms with van der Waals surface area (Å²) in [7, 11) is 0. The number of hydrogen-bond donors (Lipinski definition) is 1. The third-order valence-electron chi connectivity index (χ3n) is 1.31. The van der Waals surface area contributed by atoms with E-state index in [1.54, 1.807) is 0 Å². The van der Waals surface area contributed by atoms with Gasteiger partial charge in [0.25, 0.3) is 0 Å². The normalized spacial score (nSPS) is 10.8. The summed E-state index contributed by atoms with van der Waals surface area (Å²) < 4.78 is 0. The molecular weight excluding hydrogens is 176 g/mol. The molecule has 0 amide bonds. The molecule has 0 aromatic heterocycles. The molecule has 0 aromatic carbocycles. The lowest BCUT2D eigenvalue weighted by Crippen LogP contribution is -2.17. The molecule has 70 valence electrons. The number of nitrogens with zero attached hydrogens (tertiary/aromatic N) is 2. The minimum Gasteiger partial charge on any atom is -0.480 e. The maximum absolute atomic E-state index is 10.4. The Bertz CT molecular complexity index is 262. The number of aliphatic carboxylic acids is 1. The standard InChI is InChI=1S/C7H8N2O4/c10-4-8-3-1-2-6(7(12)13)9-5-11/h6H,1-3H2,(H,12,13). The third kappa shape index (κ3) is 5.49. The van der Waals surface area contributed by atoms with Crippen molar-refractivity contribution < 1.29 is 19.5 Å². The average Bonchev–Trinajstić information content (AvgIpc) is 2.10. The van der Waals surface area contributed by atoms with Crippen molar-refractivity contribution in [2.24, 2.45) is 9.98 Å². The summed E-state index contributed by atoms with van der Waals surface area (Å²) in [5.41, 5.74) is 0. The van der Waals surface area contributed by atoms with Crippen molar-refractivity contribution in [3.63, 3.8) is 0 Å². The lowest BCUT2D eigenvalue weighted by molar-refractivity contribution is -0.138. The number of carbonyl (C=O) groups excluding carboxylic acids is 2. The Labute approximate surface area is 74.0 Å². The zero-order chi connectivity index (χ0) is 10.1. The summed E-state index contributed by atoms with van der Waals surface area (Å²) in [4.78, 5) is 36.1. The zero-order valence-corrected chi connectivity index (χ0v) is 6.77. The van der Waals surface area contributed by atoms with Crippen molar-refractivity contribution in [1.29, 1.82) is 0 Å². The van der Waals surface area contributed by atoms with Crippen LogP contribution in [0.3, 0.4) is 0 Å². The Balaban J connectivity index is 3.89. The van der Waals surface area contributed by atoms with Crippen LogP contribution in [-0.2, 0) is 14.4 Å². The Morgan fingerprint density at radius 1 is 1.38 bits per heavy atom. The monoisotopic (exact) mass is 184 g/mol. The van der Waals surface area contributed by atoms with E-state index in [9.17, 15) is 14.4 Å². The molecule has 0 fully saturated rings. The van der Waals surface area contributed by atoms with Gasteiger partial charge in [0.1, 0.15) is 0 Å². The van der Waals surface area contributed by atoms with Gasteiger partial charge in [0.2, 0.25) is 12.2 Å². The number of aliphatic imine (C=N–C) groups is 2. The SMILES string of the molecule is O=C=NCCCC(N=C=O)C(=O)O. The summed E-state index contributed by atoms with van der Waals surface area (Å²) in [6.45, 7) is 0.196. The van der Waals surface area contributed by atoms with E-state index in [1.165, 1.54) is 12.2 Å². The first-order chi connectivity index (χ1) is 6.22. The molecule has 0 bridgehead atoms. The minimum absolute atomic E-state index is 0.162. The van der Waals surface area contributed by atoms with Gasteiger partial charge in [0.05, 0.1) is 6.54 Å². The molecule has 1 unspecified atom stereocenters. The van der Waals surface area contributed by atoms with Gasteiger partial charge in [-0.15, -0.1) is 0 Å². The maximum Gasteiger partial charge on any atom is 0.329 e. The molecule has 0 aromatic rings. The van der Waals surface area contributed by atoms with Gasteiger partial charge in [0.15, 0.2) is 6.04 Å². The smallest absolute Gasteiger partial charge is 0.329 e. The Kier molecular flexibility index (Phi) is 5.97. The topological polar surface area (TPSA) is 96.2 Å². The third-order valence-corrected chi connectivity index (χ3v) is 1.31. The number of rotatable bonds is 6. The largest absolute Gasteiger partial charge is 0.480 e. The average molecular weight is 184 g/mol. The highest BCUT2D eigenvalue weighted by molar-refractivity contribution is 5.74. The van der Waals surface area contributed by atoms with E-state index in [-0.39, 0.29) is 13.0 Å². The van der Waals surface area contributed by atoms with E-state index >= 15 is 0 Å². The fourth-order valence-electron chi connectivity index (χ4n) is 0.716. The van der Waals surface area contributed by atoms with Crippen LogP contribution in [0.15, 0.2) is 9.98 Å². The lowest BCUT2D eigenvalue weighted by Gasteiger charge is -2.01. The van der Waals surface area contributed by atoms with Crippen LogP contribution >= 0.6 is 0 Å². The van der Waals surface area contributed by atoms with Crippen LogP contribution in [-0.4, -0.2) is 35.8 Å². The molecule has 0 saturated heterocycles. The van der Waals surface area contributed by atoms with Gasteiger partial charge in [-0.2, -0.15) is 4.99 Å². The first-order valence-electron chi connectivity index (χ1n) is 3.55. The quantitative estimate of drug-likeness (QED) is 0.354. The van der Waals surface area contributed by atoms with E-state index in [4.69, 9.17) is 5.11 Å². The van der Waals surface area contributed by atoms with Crippen molar-refractivity contribution in [3.8, 4) is 0 Å². The second kappa shape index (κ2) is 6.91. The van der Waals surface area contributed by atoms with Crippen LogP contribution in [0, 0.1) is 0 Å². The van der Waals surface area contributed by atoms with Crippen molar-refractivity contribution in [1.82, 2.24) is 0 Å². The molecule has 0 aliphatic carbocycles. The van der Waals surface area contributed by atoms with Crippen molar-refractivity contribution in [2.45, 2.75) is 18.9 Å². The van der Waals surface area contributed by atoms with Crippen LogP contribution in [0.25, 0.3) is 0 Å². The summed E-state index contributed by atoms with van der Waals surface area (Å²) in [6, 6.07) is -1.08. The molecule has 0 aliphatic heterocycles. The lowest BCUT2D eigenvalue weighted by atomic mass is 10.2. The van der Waals surface area contributed by atoms with Crippen molar-refractivity contribution in [3.05, 3.63) is 0 Å². The molecule has 0 aliphatic rings. The van der Waals surface area contributed by atoms with Gasteiger partial charge in [-0.05, 0) is 12.8 Å². The fourth-order valence-corrected chi connectivity index (χ4v) is 0.716. The molecule has 0 rings (SSSR count). The van der Waals surface area contributed by atoms with E-state index < -0.39 is 12.0 Å². The van der Waals surface area contributed by atoms with Gasteiger partial charge in [-0.1, -0.05) is 0 Å². The molecule has 1 N–H and O–H groups in total. The van der Waals surface area contributed by atoms with Crippen LogP contribution in [0.1, 0.15) is 12.8 Å². The predicted molar refractivity (Wildman–Crippen MR) is 41.8 cm³/mol. The van der Waals surface area contributed by atoms with Crippen molar-refractivity contribution in [2.75, 3.05) is 6.54 Å². The summed E-state index contributed by atoms with van der Waals surface area (Å²) in [5, 5.41) is 8.48. The van der Waals surface area contributed by atoms with Crippen LogP contribution < -0.4 is 0 Å². The molecule has 0 saturated carbocycles. The minimum atomic E-state index is -1.18. The molecule has 1 atom stereocenters. The highest BCUT2D eigenvalue weighted by Gasteiger charge is 2.14. The fraction of sp³-hybridized carbons (Fsp3) is 0.571. The number of carboxylic acids is 1. The molecule has 13 heavy (non-hydrogen) atoms. The van der Waals surface area contributed by atoms with E-state index in [0.717, 1.165) is 0 Å². The van der Waals surface area contributed by atoms with Gasteiger partial charge >= 0.3 is 5.97 Å². The van der Waals surface area contributed by atoms with Gasteiger partial charge < -0.3 is 5.11 Å². The van der Waals surface area contributed by atoms with Gasteiger partial charge in [-0.25, -0.2) is 19.4 Å². The van der Waals surface area contributed by atoms with Crippen LogP contribution in [0.5, 0.6) is 0 Å². The first-order valence-corrected chi connectivity index (χ1v) is 3.55. The van der Waals surface area contributed by atoms with E-state index in [2.05, 4.69) is 9.98 Å². The second-order valence-corrected chi connectivity index (χ2v) is 2.19. The summed E-state index contributed by atoms with van der Waals surface area (Å²) in [6.07, 6.45) is 3.03. The molecular formula is C7H8N2O4. The van der Waals surface area contributed by atoms with E-state index in [1.807, 2.05) is 0 Å². The number of isocyanates is 2. The van der Waals surface area contributed by atoms with Crippen molar-refractivity contribution >= 4 is 18.1 Å². The second-order valence-electron chi connectivity index (χ2n) is 2.19. The number of carboxylic acid groups (broad SMARTS) is 1. The maximum atomic E-state index is 10.4. The van der Waals surface area contributed by atoms with Crippen LogP contribution in [0.2, 0.25) is 0 Å². The number of carbonyl (C=O) groups is 1. The number of hydrogen-bond acceptors (Lipinski definition) is 5. The highest BCUT2D eigenvalue weighted by atomic mass is 16.4. The Morgan fingerprint density at radius 2 is 2.08 bits per heavy atom. The summed E-state index contributed by atoms with van der Waals surface area (Å²) >= 11 is 0. The van der Waals surface area contributed by atoms with Gasteiger partial charge in [0, 0.05) is 0 Å². The Morgan fingerprint density at radius 3 is 2.54 bits per heavy atom. The zero-order valence-electron chi connectivity index (χ0n) is 6.77. The molecule has 0 spiro atoms. The van der Waals surface area contributed by atoms with E-state index in [0.29, 0.717) is 6.42 Å². The molecule has 0 radical (unpaired) electrons. The molecule has 6 nitrogen and oxygen atoms in total. The first kappa shape index (κ1) is 11.2. The predicted octanol–water partition coefficient (Wildman–Crippen LogP) is -0.109. The Hall–Kier alpha value is -1.77.